The summed E-state index contributed by atoms with van der Waals surface area (Å²) in [6.07, 6.45) is 6.38. The van der Waals surface area contributed by atoms with Crippen molar-refractivity contribution in [3.05, 3.63) is 69.0 Å². The Morgan fingerprint density at radius 1 is 1.17 bits per heavy atom. The first-order valence-electron chi connectivity index (χ1n) is 9.81. The lowest BCUT2D eigenvalue weighted by Gasteiger charge is -2.33. The molecule has 2 aromatic carbocycles. The van der Waals surface area contributed by atoms with Gasteiger partial charge in [0, 0.05) is 24.7 Å². The highest BCUT2D eigenvalue weighted by molar-refractivity contribution is 6.15. The highest BCUT2D eigenvalue weighted by Gasteiger charge is 2.35. The number of rotatable bonds is 3. The zero-order chi connectivity index (χ0) is 20.0. The highest BCUT2D eigenvalue weighted by atomic mass is 16.6. The average molecular weight is 392 g/mol. The minimum Gasteiger partial charge on any atom is -0.478 e. The van der Waals surface area contributed by atoms with Crippen LogP contribution in [0.5, 0.6) is 11.5 Å². The third kappa shape index (κ3) is 3.17. The standard InChI is InChI=1S/C22H20N2O5/c25-21-17-8-9-19-18(12-23(13-28-19)15-5-1-2-6-15)22(17)29-20(21)11-14-4-3-7-16(10-14)24(26)27/h3-4,7-11,15H,1-2,5-6,12-13H2/b20-11-. The number of nitro groups is 1. The SMILES string of the molecule is O=C1/C(=C/c2cccc([N+](=O)[O-])c2)Oc2c1ccc1c2CN(C2CCCC2)CO1. The molecule has 29 heavy (non-hydrogen) atoms. The molecule has 2 heterocycles. The minimum absolute atomic E-state index is 0.0275. The number of benzene rings is 2. The van der Waals surface area contributed by atoms with Gasteiger partial charge in [-0.2, -0.15) is 0 Å². The van der Waals surface area contributed by atoms with E-state index < -0.39 is 4.92 Å². The van der Waals surface area contributed by atoms with Crippen LogP contribution in [0.3, 0.4) is 0 Å². The molecule has 5 rings (SSSR count). The number of non-ortho nitro benzene ring substituents is 1. The molecule has 1 aliphatic carbocycles. The number of carbonyl (C=O) groups excluding carboxylic acids is 1. The third-order valence-corrected chi connectivity index (χ3v) is 5.86. The number of fused-ring (bicyclic) bond motifs is 3. The Bertz CT molecular complexity index is 1040. The van der Waals surface area contributed by atoms with E-state index in [0.717, 1.165) is 11.3 Å². The van der Waals surface area contributed by atoms with Crippen molar-refractivity contribution in [2.45, 2.75) is 38.3 Å². The topological polar surface area (TPSA) is 81.9 Å². The van der Waals surface area contributed by atoms with Crippen LogP contribution >= 0.6 is 0 Å². The summed E-state index contributed by atoms with van der Waals surface area (Å²) in [5, 5.41) is 11.0. The zero-order valence-electron chi connectivity index (χ0n) is 15.8. The van der Waals surface area contributed by atoms with Crippen molar-refractivity contribution in [2.75, 3.05) is 6.73 Å². The maximum atomic E-state index is 12.9. The molecule has 1 saturated carbocycles. The summed E-state index contributed by atoms with van der Waals surface area (Å²) in [5.74, 6) is 1.26. The highest BCUT2D eigenvalue weighted by Crippen LogP contribution is 2.43. The second-order valence-corrected chi connectivity index (χ2v) is 7.67. The molecule has 0 saturated heterocycles. The molecule has 1 fully saturated rings. The predicted octanol–water partition coefficient (Wildman–Crippen LogP) is 4.31. The summed E-state index contributed by atoms with van der Waals surface area (Å²) in [6, 6.07) is 10.2. The fraction of sp³-hybridized carbons (Fsp3) is 0.318. The van der Waals surface area contributed by atoms with Crippen molar-refractivity contribution < 1.29 is 19.2 Å². The Labute approximate surface area is 167 Å². The third-order valence-electron chi connectivity index (χ3n) is 5.86. The van der Waals surface area contributed by atoms with Gasteiger partial charge in [0.25, 0.3) is 5.69 Å². The van der Waals surface area contributed by atoms with Gasteiger partial charge in [-0.3, -0.25) is 19.8 Å². The van der Waals surface area contributed by atoms with Crippen molar-refractivity contribution in [2.24, 2.45) is 0 Å². The van der Waals surface area contributed by atoms with E-state index in [1.807, 2.05) is 6.07 Å². The quantitative estimate of drug-likeness (QED) is 0.440. The predicted molar refractivity (Wildman–Crippen MR) is 106 cm³/mol. The number of ether oxygens (including phenoxy) is 2. The Balaban J connectivity index is 1.46. The maximum absolute atomic E-state index is 12.9. The molecule has 0 aromatic heterocycles. The van der Waals surface area contributed by atoms with E-state index in [2.05, 4.69) is 4.90 Å². The first-order chi connectivity index (χ1) is 14.1. The Morgan fingerprint density at radius 3 is 2.79 bits per heavy atom. The lowest BCUT2D eigenvalue weighted by molar-refractivity contribution is -0.384. The van der Waals surface area contributed by atoms with E-state index in [9.17, 15) is 14.9 Å². The van der Waals surface area contributed by atoms with Gasteiger partial charge in [0.05, 0.1) is 16.1 Å². The van der Waals surface area contributed by atoms with Crippen LogP contribution in [0.1, 0.15) is 47.2 Å². The smallest absolute Gasteiger partial charge is 0.270 e. The second kappa shape index (κ2) is 7.00. The normalized spacial score (nSPS) is 20.3. The number of allylic oxidation sites excluding steroid dienone is 1. The van der Waals surface area contributed by atoms with Crippen molar-refractivity contribution in [3.63, 3.8) is 0 Å². The van der Waals surface area contributed by atoms with Gasteiger partial charge < -0.3 is 9.47 Å². The van der Waals surface area contributed by atoms with Gasteiger partial charge in [-0.05, 0) is 36.6 Å². The molecular formula is C22H20N2O5. The number of carbonyl (C=O) groups is 1. The molecule has 3 aliphatic rings. The molecule has 0 N–H and O–H groups in total. The Morgan fingerprint density at radius 2 is 2.00 bits per heavy atom. The summed E-state index contributed by atoms with van der Waals surface area (Å²) in [5.41, 5.74) is 1.93. The molecule has 0 spiro atoms. The molecule has 7 nitrogen and oxygen atoms in total. The fourth-order valence-electron chi connectivity index (χ4n) is 4.36. The molecule has 0 radical (unpaired) electrons. The first kappa shape index (κ1) is 17.9. The number of ketones is 1. The van der Waals surface area contributed by atoms with Crippen LogP contribution < -0.4 is 9.47 Å². The van der Waals surface area contributed by atoms with E-state index in [1.54, 1.807) is 24.3 Å². The van der Waals surface area contributed by atoms with Gasteiger partial charge in [0.15, 0.2) is 5.76 Å². The van der Waals surface area contributed by atoms with Gasteiger partial charge in [0.1, 0.15) is 18.2 Å². The average Bonchev–Trinajstić information content (AvgIpc) is 3.37. The van der Waals surface area contributed by atoms with Crippen molar-refractivity contribution in [1.29, 1.82) is 0 Å². The van der Waals surface area contributed by atoms with Crippen LogP contribution in [0.25, 0.3) is 6.08 Å². The maximum Gasteiger partial charge on any atom is 0.270 e. The molecule has 148 valence electrons. The number of nitro benzene ring substituents is 1. The number of hydrogen-bond acceptors (Lipinski definition) is 6. The minimum atomic E-state index is -0.459. The monoisotopic (exact) mass is 392 g/mol. The molecule has 0 unspecified atom stereocenters. The molecule has 7 heteroatoms. The Kier molecular flexibility index (Phi) is 4.32. The molecule has 0 atom stereocenters. The van der Waals surface area contributed by atoms with E-state index in [0.29, 0.717) is 36.2 Å². The van der Waals surface area contributed by atoms with Crippen LogP contribution in [0.4, 0.5) is 5.69 Å². The van der Waals surface area contributed by atoms with E-state index in [1.165, 1.54) is 37.8 Å². The Hall–Kier alpha value is -3.19. The summed E-state index contributed by atoms with van der Waals surface area (Å²) < 4.78 is 11.9. The van der Waals surface area contributed by atoms with Crippen molar-refractivity contribution in [3.8, 4) is 11.5 Å². The number of nitrogens with zero attached hydrogens (tertiary/aromatic N) is 2. The van der Waals surface area contributed by atoms with Gasteiger partial charge in [-0.1, -0.05) is 25.0 Å². The van der Waals surface area contributed by atoms with Crippen molar-refractivity contribution >= 4 is 17.5 Å². The lowest BCUT2D eigenvalue weighted by Crippen LogP contribution is -2.39. The first-order valence-corrected chi connectivity index (χ1v) is 9.81. The number of hydrogen-bond donors (Lipinski definition) is 0. The van der Waals surface area contributed by atoms with Gasteiger partial charge >= 0.3 is 0 Å². The summed E-state index contributed by atoms with van der Waals surface area (Å²) in [6.45, 7) is 1.25. The summed E-state index contributed by atoms with van der Waals surface area (Å²) in [7, 11) is 0. The van der Waals surface area contributed by atoms with Gasteiger partial charge in [-0.25, -0.2) is 0 Å². The zero-order valence-corrected chi connectivity index (χ0v) is 15.8. The van der Waals surface area contributed by atoms with Crippen LogP contribution in [-0.2, 0) is 6.54 Å². The molecule has 2 aliphatic heterocycles. The van der Waals surface area contributed by atoms with Crippen molar-refractivity contribution in [1.82, 2.24) is 4.90 Å². The molecule has 2 aromatic rings. The number of Topliss-reactive ketones (excluding diaryl/α,β-unsaturated/α-hetero) is 1. The van der Waals surface area contributed by atoms with Crippen LogP contribution in [0.2, 0.25) is 0 Å². The molecular weight excluding hydrogens is 372 g/mol. The van der Waals surface area contributed by atoms with Crippen LogP contribution in [-0.4, -0.2) is 28.4 Å². The van der Waals surface area contributed by atoms with Gasteiger partial charge in [-0.15, -0.1) is 0 Å². The summed E-state index contributed by atoms with van der Waals surface area (Å²) in [4.78, 5) is 25.7. The second-order valence-electron chi connectivity index (χ2n) is 7.67. The van der Waals surface area contributed by atoms with E-state index >= 15 is 0 Å². The van der Waals surface area contributed by atoms with E-state index in [4.69, 9.17) is 9.47 Å². The van der Waals surface area contributed by atoms with Gasteiger partial charge in [0.2, 0.25) is 5.78 Å². The van der Waals surface area contributed by atoms with E-state index in [-0.39, 0.29) is 17.2 Å². The molecule has 0 bridgehead atoms. The summed E-state index contributed by atoms with van der Waals surface area (Å²) >= 11 is 0. The molecule has 0 amide bonds. The fourth-order valence-corrected chi connectivity index (χ4v) is 4.36. The van der Waals surface area contributed by atoms with Crippen LogP contribution in [0, 0.1) is 10.1 Å². The largest absolute Gasteiger partial charge is 0.478 e. The lowest BCUT2D eigenvalue weighted by atomic mass is 10.0. The van der Waals surface area contributed by atoms with Crippen LogP contribution in [0.15, 0.2) is 42.2 Å².